The van der Waals surface area contributed by atoms with Crippen LogP contribution in [-0.4, -0.2) is 49.3 Å². The van der Waals surface area contributed by atoms with E-state index < -0.39 is 5.60 Å². The molecule has 1 aliphatic heterocycles. The van der Waals surface area contributed by atoms with Gasteiger partial charge in [-0.05, 0) is 78.0 Å². The Morgan fingerprint density at radius 1 is 1.26 bits per heavy atom. The highest BCUT2D eigenvalue weighted by molar-refractivity contribution is 7.97. The molecular formula is C23H31Cl2N5O3S. The third-order valence-electron chi connectivity index (χ3n) is 5.54. The number of pyridine rings is 1. The molecule has 2 aromatic rings. The monoisotopic (exact) mass is 527 g/mol. The van der Waals surface area contributed by atoms with Gasteiger partial charge in [-0.1, -0.05) is 23.2 Å². The Morgan fingerprint density at radius 3 is 2.68 bits per heavy atom. The minimum Gasteiger partial charge on any atom is -0.444 e. The van der Waals surface area contributed by atoms with Gasteiger partial charge >= 0.3 is 6.09 Å². The van der Waals surface area contributed by atoms with Gasteiger partial charge in [0.25, 0.3) is 5.91 Å². The average molecular weight is 529 g/mol. The summed E-state index contributed by atoms with van der Waals surface area (Å²) in [6.07, 6.45) is 4.24. The molecule has 8 nitrogen and oxygen atoms in total. The van der Waals surface area contributed by atoms with Crippen LogP contribution in [0.4, 0.5) is 4.79 Å². The van der Waals surface area contributed by atoms with E-state index in [0.29, 0.717) is 19.0 Å². The molecule has 1 aliphatic rings. The highest BCUT2D eigenvalue weighted by atomic mass is 35.5. The van der Waals surface area contributed by atoms with Gasteiger partial charge in [0.15, 0.2) is 0 Å². The number of amides is 2. The van der Waals surface area contributed by atoms with Crippen LogP contribution in [0.25, 0.3) is 0 Å². The molecule has 11 heteroatoms. The second-order valence-corrected chi connectivity index (χ2v) is 11.6. The first-order chi connectivity index (χ1) is 15.9. The highest BCUT2D eigenvalue weighted by Crippen LogP contribution is 2.36. The van der Waals surface area contributed by atoms with Crippen molar-refractivity contribution < 1.29 is 14.3 Å². The van der Waals surface area contributed by atoms with E-state index in [9.17, 15) is 9.59 Å². The second-order valence-electron chi connectivity index (χ2n) is 10.0. The summed E-state index contributed by atoms with van der Waals surface area (Å²) in [4.78, 5) is 30.8. The molecule has 3 rings (SSSR count). The summed E-state index contributed by atoms with van der Waals surface area (Å²) in [5, 5.41) is 5.47. The van der Waals surface area contributed by atoms with Crippen molar-refractivity contribution in [2.24, 2.45) is 5.92 Å². The Balaban J connectivity index is 1.50. The first-order valence-corrected chi connectivity index (χ1v) is 12.7. The number of aromatic nitrogens is 3. The first-order valence-electron chi connectivity index (χ1n) is 11.2. The number of hydrogen-bond acceptors (Lipinski definition) is 6. The summed E-state index contributed by atoms with van der Waals surface area (Å²) in [7, 11) is 0. The van der Waals surface area contributed by atoms with Gasteiger partial charge in [0, 0.05) is 30.6 Å². The lowest BCUT2D eigenvalue weighted by Gasteiger charge is -2.33. The van der Waals surface area contributed by atoms with Crippen molar-refractivity contribution in [1.29, 1.82) is 0 Å². The summed E-state index contributed by atoms with van der Waals surface area (Å²) in [6.45, 7) is 11.2. The minimum atomic E-state index is -0.510. The van der Waals surface area contributed by atoms with Crippen LogP contribution in [0.5, 0.6) is 0 Å². The number of likely N-dealkylation sites (tertiary alicyclic amines) is 1. The van der Waals surface area contributed by atoms with E-state index in [1.165, 1.54) is 24.1 Å². The van der Waals surface area contributed by atoms with Crippen LogP contribution in [0.1, 0.15) is 64.2 Å². The lowest BCUT2D eigenvalue weighted by Crippen LogP contribution is -2.45. The number of aryl methyl sites for hydroxylation is 1. The quantitative estimate of drug-likeness (QED) is 0.359. The molecule has 1 atom stereocenters. The van der Waals surface area contributed by atoms with Gasteiger partial charge in [0.1, 0.15) is 20.9 Å². The third kappa shape index (κ3) is 7.02. The Labute approximate surface area is 214 Å². The lowest BCUT2D eigenvalue weighted by atomic mass is 9.93. The number of hydrogen-bond donors (Lipinski definition) is 1. The molecule has 2 amide bonds. The zero-order valence-electron chi connectivity index (χ0n) is 20.1. The van der Waals surface area contributed by atoms with Crippen LogP contribution >= 0.6 is 35.1 Å². The largest absolute Gasteiger partial charge is 0.444 e. The number of halogens is 2. The van der Waals surface area contributed by atoms with Gasteiger partial charge in [-0.15, -0.1) is 0 Å². The predicted molar refractivity (Wildman–Crippen MR) is 134 cm³/mol. The van der Waals surface area contributed by atoms with Crippen molar-refractivity contribution in [2.75, 3.05) is 6.54 Å². The number of nitrogens with one attached hydrogen (secondary N) is 1. The summed E-state index contributed by atoms with van der Waals surface area (Å²) in [6, 6.07) is 4.90. The SMILES string of the molecule is CC(C)(C)OC(=O)N1CC(CCCn2nccc2SNC(=O)c2ccc(Cl)nc2Cl)CC1(C)C. The maximum absolute atomic E-state index is 12.6. The molecule has 34 heavy (non-hydrogen) atoms. The number of carbonyl (C=O) groups excluding carboxylic acids is 2. The van der Waals surface area contributed by atoms with Crippen molar-refractivity contribution in [1.82, 2.24) is 24.4 Å². The zero-order chi connectivity index (χ0) is 25.1. The first kappa shape index (κ1) is 26.6. The number of carbonyl (C=O) groups is 2. The summed E-state index contributed by atoms with van der Waals surface area (Å²) in [5.74, 6) is 0.0378. The van der Waals surface area contributed by atoms with Gasteiger partial charge in [-0.3, -0.25) is 14.2 Å². The molecule has 1 N–H and O–H groups in total. The van der Waals surface area contributed by atoms with Crippen LogP contribution in [0, 0.1) is 5.92 Å². The van der Waals surface area contributed by atoms with E-state index in [0.717, 1.165) is 24.3 Å². The molecule has 0 aromatic carbocycles. The number of nitrogens with zero attached hydrogens (tertiary/aromatic N) is 4. The minimum absolute atomic E-state index is 0.0546. The molecule has 186 valence electrons. The molecule has 1 fully saturated rings. The summed E-state index contributed by atoms with van der Waals surface area (Å²) < 4.78 is 10.2. The van der Waals surface area contributed by atoms with Crippen LogP contribution in [0.3, 0.4) is 0 Å². The van der Waals surface area contributed by atoms with Crippen LogP contribution in [0.15, 0.2) is 29.4 Å². The van der Waals surface area contributed by atoms with Crippen molar-refractivity contribution in [2.45, 2.75) is 76.6 Å². The fourth-order valence-corrected chi connectivity index (χ4v) is 5.17. The Morgan fingerprint density at radius 2 is 2.00 bits per heavy atom. The second kappa shape index (κ2) is 10.7. The third-order valence-corrected chi connectivity index (χ3v) is 6.88. The van der Waals surface area contributed by atoms with Crippen molar-refractivity contribution in [3.63, 3.8) is 0 Å². The number of rotatable bonds is 7. The molecule has 1 saturated heterocycles. The molecule has 0 bridgehead atoms. The van der Waals surface area contributed by atoms with E-state index in [-0.39, 0.29) is 33.4 Å². The topological polar surface area (TPSA) is 89.4 Å². The standard InChI is InChI=1S/C23H31Cl2N5O3S/c1-22(2,3)33-21(32)29-14-15(13-23(29,4)5)7-6-12-30-18(10-11-26-30)34-28-20(31)16-8-9-17(24)27-19(16)25/h8-11,15H,6-7,12-14H2,1-5H3,(H,28,31). The van der Waals surface area contributed by atoms with Gasteiger partial charge < -0.3 is 9.64 Å². The fraction of sp³-hybridized carbons (Fsp3) is 0.565. The van der Waals surface area contributed by atoms with E-state index in [1.54, 1.807) is 6.20 Å². The number of ether oxygens (including phenoxy) is 1. The van der Waals surface area contributed by atoms with Gasteiger partial charge in [-0.2, -0.15) is 5.10 Å². The van der Waals surface area contributed by atoms with Gasteiger partial charge in [0.2, 0.25) is 0 Å². The molecule has 0 saturated carbocycles. The summed E-state index contributed by atoms with van der Waals surface area (Å²) >= 11 is 13.0. The van der Waals surface area contributed by atoms with Crippen molar-refractivity contribution in [3.05, 3.63) is 40.3 Å². The van der Waals surface area contributed by atoms with Crippen molar-refractivity contribution in [3.8, 4) is 0 Å². The average Bonchev–Trinajstić information content (AvgIpc) is 3.28. The maximum atomic E-state index is 12.6. The highest BCUT2D eigenvalue weighted by Gasteiger charge is 2.42. The maximum Gasteiger partial charge on any atom is 0.410 e. The van der Waals surface area contributed by atoms with Crippen LogP contribution in [0.2, 0.25) is 10.3 Å². The molecule has 1 unspecified atom stereocenters. The van der Waals surface area contributed by atoms with Crippen molar-refractivity contribution >= 4 is 47.2 Å². The smallest absolute Gasteiger partial charge is 0.410 e. The Hall–Kier alpha value is -1.97. The molecule has 0 radical (unpaired) electrons. The van der Waals surface area contributed by atoms with Crippen LogP contribution in [-0.2, 0) is 11.3 Å². The van der Waals surface area contributed by atoms with Gasteiger partial charge in [-0.25, -0.2) is 9.78 Å². The lowest BCUT2D eigenvalue weighted by molar-refractivity contribution is 0.0130. The molecule has 3 heterocycles. The van der Waals surface area contributed by atoms with E-state index in [4.69, 9.17) is 27.9 Å². The van der Waals surface area contributed by atoms with Gasteiger partial charge in [0.05, 0.1) is 11.8 Å². The van der Waals surface area contributed by atoms with E-state index >= 15 is 0 Å². The van der Waals surface area contributed by atoms with E-state index in [2.05, 4.69) is 28.7 Å². The van der Waals surface area contributed by atoms with Crippen LogP contribution < -0.4 is 4.72 Å². The molecule has 0 aliphatic carbocycles. The predicted octanol–water partition coefficient (Wildman–Crippen LogP) is 5.84. The van der Waals surface area contributed by atoms with E-state index in [1.807, 2.05) is 36.4 Å². The summed E-state index contributed by atoms with van der Waals surface area (Å²) in [5.41, 5.74) is -0.491. The zero-order valence-corrected chi connectivity index (χ0v) is 22.4. The Kier molecular flexibility index (Phi) is 8.42. The normalized spacial score (nSPS) is 17.6. The molecule has 0 spiro atoms. The molecular weight excluding hydrogens is 497 g/mol. The molecule has 2 aromatic heterocycles. The Bertz CT molecular complexity index is 1040. The fourth-order valence-electron chi connectivity index (χ4n) is 4.06.